The Bertz CT molecular complexity index is 647. The maximum atomic E-state index is 4.68. The van der Waals surface area contributed by atoms with Gasteiger partial charge in [-0.1, -0.05) is 43.7 Å². The molecule has 6 heteroatoms. The molecule has 1 aromatic heterocycles. The molecule has 0 aliphatic rings. The lowest BCUT2D eigenvalue weighted by Gasteiger charge is -2.18. The maximum absolute atomic E-state index is 4.68. The Labute approximate surface area is 144 Å². The molecule has 2 aromatic rings. The van der Waals surface area contributed by atoms with E-state index >= 15 is 0 Å². The zero-order chi connectivity index (χ0) is 17.4. The predicted octanol–water partition coefficient (Wildman–Crippen LogP) is 2.72. The summed E-state index contributed by atoms with van der Waals surface area (Å²) in [6.45, 7) is 7.66. The van der Waals surface area contributed by atoms with Crippen molar-refractivity contribution in [2.24, 2.45) is 12.0 Å². The van der Waals surface area contributed by atoms with E-state index < -0.39 is 0 Å². The van der Waals surface area contributed by atoms with Crippen LogP contribution in [0.5, 0.6) is 0 Å². The monoisotopic (exact) mass is 328 g/mol. The smallest absolute Gasteiger partial charge is 0.192 e. The van der Waals surface area contributed by atoms with Crippen LogP contribution in [0.2, 0.25) is 0 Å². The minimum Gasteiger partial charge on any atom is -0.356 e. The minimum absolute atomic E-state index is 0.181. The number of unbranched alkanes of at least 4 members (excludes halogenated alkanes) is 1. The van der Waals surface area contributed by atoms with Gasteiger partial charge in [0, 0.05) is 13.6 Å². The predicted molar refractivity (Wildman–Crippen MR) is 97.8 cm³/mol. The zero-order valence-corrected chi connectivity index (χ0v) is 15.1. The van der Waals surface area contributed by atoms with E-state index in [1.165, 1.54) is 5.56 Å². The standard InChI is InChI=1S/C18H28N6/c1-5-6-12-19-18(20-13-17-23-22-15(3)24(17)4)21-14(2)16-10-8-7-9-11-16/h7-11,14H,5-6,12-13H2,1-4H3,(H2,19,20,21). The maximum Gasteiger partial charge on any atom is 0.192 e. The molecule has 0 saturated heterocycles. The second-order valence-electron chi connectivity index (χ2n) is 5.94. The summed E-state index contributed by atoms with van der Waals surface area (Å²) in [7, 11) is 1.96. The van der Waals surface area contributed by atoms with Crippen molar-refractivity contribution < 1.29 is 0 Å². The molecule has 1 atom stereocenters. The highest BCUT2D eigenvalue weighted by Crippen LogP contribution is 2.11. The molecule has 2 rings (SSSR count). The molecule has 0 aliphatic carbocycles. The highest BCUT2D eigenvalue weighted by molar-refractivity contribution is 5.80. The highest BCUT2D eigenvalue weighted by atomic mass is 15.3. The second-order valence-corrected chi connectivity index (χ2v) is 5.94. The third-order valence-electron chi connectivity index (χ3n) is 4.04. The van der Waals surface area contributed by atoms with Crippen LogP contribution in [0.1, 0.15) is 49.9 Å². The van der Waals surface area contributed by atoms with E-state index in [1.54, 1.807) is 0 Å². The van der Waals surface area contributed by atoms with Crippen molar-refractivity contribution in [2.45, 2.75) is 46.2 Å². The molecule has 0 bridgehead atoms. The van der Waals surface area contributed by atoms with Gasteiger partial charge in [0.15, 0.2) is 11.8 Å². The Morgan fingerprint density at radius 1 is 1.25 bits per heavy atom. The van der Waals surface area contributed by atoms with E-state index in [1.807, 2.05) is 24.6 Å². The first kappa shape index (κ1) is 18.0. The lowest BCUT2D eigenvalue weighted by Crippen LogP contribution is -2.39. The molecule has 1 unspecified atom stereocenters. The number of hydrogen-bond donors (Lipinski definition) is 2. The van der Waals surface area contributed by atoms with Crippen molar-refractivity contribution in [1.82, 2.24) is 25.4 Å². The molecule has 0 amide bonds. The van der Waals surface area contributed by atoms with Crippen LogP contribution in [-0.4, -0.2) is 27.3 Å². The van der Waals surface area contributed by atoms with E-state index in [-0.39, 0.29) is 6.04 Å². The van der Waals surface area contributed by atoms with Gasteiger partial charge in [0.25, 0.3) is 0 Å². The Hall–Kier alpha value is -2.37. The Kier molecular flexibility index (Phi) is 6.78. The van der Waals surface area contributed by atoms with Crippen LogP contribution in [0, 0.1) is 6.92 Å². The molecule has 130 valence electrons. The minimum atomic E-state index is 0.181. The number of aliphatic imine (C=N–C) groups is 1. The number of hydrogen-bond acceptors (Lipinski definition) is 3. The third kappa shape index (κ3) is 5.08. The van der Waals surface area contributed by atoms with Crippen molar-refractivity contribution in [3.8, 4) is 0 Å². The van der Waals surface area contributed by atoms with Gasteiger partial charge in [-0.3, -0.25) is 0 Å². The molecule has 0 spiro atoms. The van der Waals surface area contributed by atoms with Gasteiger partial charge in [-0.05, 0) is 25.8 Å². The normalized spacial score (nSPS) is 12.9. The molecular formula is C18H28N6. The topological polar surface area (TPSA) is 67.1 Å². The first-order chi connectivity index (χ1) is 11.6. The molecule has 0 fully saturated rings. The van der Waals surface area contributed by atoms with Gasteiger partial charge in [-0.25, -0.2) is 4.99 Å². The molecular weight excluding hydrogens is 300 g/mol. The number of benzene rings is 1. The molecule has 24 heavy (non-hydrogen) atoms. The van der Waals surface area contributed by atoms with Gasteiger partial charge in [-0.15, -0.1) is 10.2 Å². The highest BCUT2D eigenvalue weighted by Gasteiger charge is 2.09. The van der Waals surface area contributed by atoms with Crippen LogP contribution in [0.3, 0.4) is 0 Å². The lowest BCUT2D eigenvalue weighted by atomic mass is 10.1. The summed E-state index contributed by atoms with van der Waals surface area (Å²) in [5.74, 6) is 2.56. The summed E-state index contributed by atoms with van der Waals surface area (Å²) in [5, 5.41) is 15.1. The van der Waals surface area contributed by atoms with Crippen LogP contribution < -0.4 is 10.6 Å². The number of nitrogens with zero attached hydrogens (tertiary/aromatic N) is 4. The quantitative estimate of drug-likeness (QED) is 0.466. The average molecular weight is 328 g/mol. The van der Waals surface area contributed by atoms with Crippen molar-refractivity contribution in [2.75, 3.05) is 6.54 Å². The first-order valence-corrected chi connectivity index (χ1v) is 8.56. The van der Waals surface area contributed by atoms with Crippen LogP contribution in [-0.2, 0) is 13.6 Å². The number of nitrogens with one attached hydrogen (secondary N) is 2. The van der Waals surface area contributed by atoms with E-state index in [0.717, 1.165) is 37.0 Å². The zero-order valence-electron chi connectivity index (χ0n) is 15.1. The van der Waals surface area contributed by atoms with Gasteiger partial charge in [0.05, 0.1) is 6.04 Å². The fourth-order valence-corrected chi connectivity index (χ4v) is 2.30. The van der Waals surface area contributed by atoms with E-state index in [2.05, 4.69) is 63.9 Å². The summed E-state index contributed by atoms with van der Waals surface area (Å²) in [6, 6.07) is 10.6. The van der Waals surface area contributed by atoms with Gasteiger partial charge < -0.3 is 15.2 Å². The van der Waals surface area contributed by atoms with Crippen molar-refractivity contribution in [1.29, 1.82) is 0 Å². The molecule has 0 radical (unpaired) electrons. The SMILES string of the molecule is CCCCNC(=NCc1nnc(C)n1C)NC(C)c1ccccc1. The molecule has 2 N–H and O–H groups in total. The Morgan fingerprint density at radius 2 is 2.00 bits per heavy atom. The number of rotatable bonds is 7. The first-order valence-electron chi connectivity index (χ1n) is 8.56. The summed E-state index contributed by atoms with van der Waals surface area (Å²) in [5.41, 5.74) is 1.23. The van der Waals surface area contributed by atoms with E-state index in [4.69, 9.17) is 0 Å². The van der Waals surface area contributed by atoms with Gasteiger partial charge >= 0.3 is 0 Å². The lowest BCUT2D eigenvalue weighted by molar-refractivity contribution is 0.663. The van der Waals surface area contributed by atoms with Crippen molar-refractivity contribution in [3.05, 3.63) is 47.5 Å². The third-order valence-corrected chi connectivity index (χ3v) is 4.04. The Morgan fingerprint density at radius 3 is 2.62 bits per heavy atom. The summed E-state index contributed by atoms with van der Waals surface area (Å²) < 4.78 is 1.97. The number of aryl methyl sites for hydroxylation is 1. The fourth-order valence-electron chi connectivity index (χ4n) is 2.30. The molecule has 0 saturated carbocycles. The van der Waals surface area contributed by atoms with E-state index in [0.29, 0.717) is 6.54 Å². The molecule has 0 aliphatic heterocycles. The molecule has 1 heterocycles. The summed E-state index contributed by atoms with van der Waals surface area (Å²) in [6.07, 6.45) is 2.26. The van der Waals surface area contributed by atoms with Gasteiger partial charge in [0.1, 0.15) is 12.4 Å². The van der Waals surface area contributed by atoms with Gasteiger partial charge in [-0.2, -0.15) is 0 Å². The van der Waals surface area contributed by atoms with E-state index in [9.17, 15) is 0 Å². The van der Waals surface area contributed by atoms with Crippen LogP contribution in [0.4, 0.5) is 0 Å². The number of aromatic nitrogens is 3. The van der Waals surface area contributed by atoms with Crippen molar-refractivity contribution >= 4 is 5.96 Å². The summed E-state index contributed by atoms with van der Waals surface area (Å²) >= 11 is 0. The largest absolute Gasteiger partial charge is 0.356 e. The van der Waals surface area contributed by atoms with Crippen LogP contribution in [0.15, 0.2) is 35.3 Å². The van der Waals surface area contributed by atoms with Crippen molar-refractivity contribution in [3.63, 3.8) is 0 Å². The fraction of sp³-hybridized carbons (Fsp3) is 0.500. The summed E-state index contributed by atoms with van der Waals surface area (Å²) in [4.78, 5) is 4.68. The average Bonchev–Trinajstić information content (AvgIpc) is 2.92. The van der Waals surface area contributed by atoms with Crippen LogP contribution >= 0.6 is 0 Å². The Balaban J connectivity index is 2.05. The second kappa shape index (κ2) is 9.05. The van der Waals surface area contributed by atoms with Gasteiger partial charge in [0.2, 0.25) is 0 Å². The molecule has 1 aromatic carbocycles. The van der Waals surface area contributed by atoms with Crippen LogP contribution in [0.25, 0.3) is 0 Å². The molecule has 6 nitrogen and oxygen atoms in total. The number of guanidine groups is 1.